The number of H-pyrrole nitrogens is 1. The highest BCUT2D eigenvalue weighted by molar-refractivity contribution is 6.08. The summed E-state index contributed by atoms with van der Waals surface area (Å²) in [7, 11) is 0. The number of para-hydroxylation sites is 1. The van der Waals surface area contributed by atoms with Crippen molar-refractivity contribution in [1.82, 2.24) is 30.3 Å². The number of amides is 1. The Morgan fingerprint density at radius 1 is 1.13 bits per heavy atom. The molecule has 2 aromatic carbocycles. The minimum atomic E-state index is -0.513. The fraction of sp³-hybridized carbons (Fsp3) is 0.0909. The van der Waals surface area contributed by atoms with E-state index in [1.165, 1.54) is 0 Å². The zero-order valence-electron chi connectivity index (χ0n) is 16.4. The van der Waals surface area contributed by atoms with Crippen molar-refractivity contribution in [2.75, 3.05) is 12.3 Å². The van der Waals surface area contributed by atoms with E-state index in [0.29, 0.717) is 30.2 Å². The second-order valence-corrected chi connectivity index (χ2v) is 6.98. The summed E-state index contributed by atoms with van der Waals surface area (Å²) in [6.45, 7) is 0.820. The lowest BCUT2D eigenvalue weighted by atomic mass is 10.1. The minimum Gasteiger partial charge on any atom is -0.410 e. The van der Waals surface area contributed by atoms with Crippen LogP contribution < -0.4 is 15.8 Å². The number of fused-ring (bicyclic) bond motifs is 3. The van der Waals surface area contributed by atoms with Crippen molar-refractivity contribution in [1.29, 1.82) is 0 Å². The minimum absolute atomic E-state index is 0.356. The summed E-state index contributed by atoms with van der Waals surface area (Å²) in [6.07, 6.45) is 3.11. The molecule has 0 unspecified atom stereocenters. The van der Waals surface area contributed by atoms with Gasteiger partial charge in [-0.05, 0) is 24.3 Å². The van der Waals surface area contributed by atoms with Crippen LogP contribution in [0.4, 0.5) is 10.6 Å². The Balaban J connectivity index is 1.34. The maximum Gasteiger partial charge on any atom is 0.412 e. The van der Waals surface area contributed by atoms with E-state index in [2.05, 4.69) is 25.6 Å². The summed E-state index contributed by atoms with van der Waals surface area (Å²) < 4.78 is 6.96. The third-order valence-electron chi connectivity index (χ3n) is 4.91. The van der Waals surface area contributed by atoms with Crippen LogP contribution in [0.5, 0.6) is 5.75 Å². The van der Waals surface area contributed by atoms with E-state index in [9.17, 15) is 4.79 Å². The molecule has 0 bridgehead atoms. The fourth-order valence-electron chi connectivity index (χ4n) is 3.45. The molecule has 5 rings (SSSR count). The maximum absolute atomic E-state index is 11.9. The Labute approximate surface area is 176 Å². The highest BCUT2D eigenvalue weighted by Gasteiger charge is 2.12. The third kappa shape index (κ3) is 3.76. The van der Waals surface area contributed by atoms with Crippen molar-refractivity contribution in [3.63, 3.8) is 0 Å². The Morgan fingerprint density at radius 2 is 2.00 bits per heavy atom. The van der Waals surface area contributed by atoms with Gasteiger partial charge in [0.05, 0.1) is 17.8 Å². The van der Waals surface area contributed by atoms with Gasteiger partial charge >= 0.3 is 6.09 Å². The molecule has 0 fully saturated rings. The van der Waals surface area contributed by atoms with Gasteiger partial charge in [0.1, 0.15) is 11.3 Å². The lowest BCUT2D eigenvalue weighted by Crippen LogP contribution is -2.30. The Kier molecular flexibility index (Phi) is 4.68. The van der Waals surface area contributed by atoms with E-state index < -0.39 is 6.09 Å². The van der Waals surface area contributed by atoms with Crippen LogP contribution in [0.2, 0.25) is 0 Å². The average Bonchev–Trinajstić information content (AvgIpc) is 3.45. The van der Waals surface area contributed by atoms with Gasteiger partial charge in [-0.3, -0.25) is 9.78 Å². The second-order valence-electron chi connectivity index (χ2n) is 6.98. The summed E-state index contributed by atoms with van der Waals surface area (Å²) in [4.78, 5) is 16.5. The van der Waals surface area contributed by atoms with Crippen LogP contribution in [0.1, 0.15) is 0 Å². The van der Waals surface area contributed by atoms with Gasteiger partial charge in [0.25, 0.3) is 0 Å². The number of nitrogens with zero attached hydrogens (tertiary/aromatic N) is 4. The van der Waals surface area contributed by atoms with Crippen LogP contribution in [0.25, 0.3) is 33.1 Å². The fourth-order valence-corrected chi connectivity index (χ4v) is 3.45. The first-order valence-electron chi connectivity index (χ1n) is 9.74. The molecule has 0 aliphatic carbocycles. The molecule has 0 aliphatic heterocycles. The van der Waals surface area contributed by atoms with Crippen LogP contribution in [-0.4, -0.2) is 37.6 Å². The number of aromatic nitrogens is 5. The normalized spacial score (nSPS) is 11.1. The molecule has 5 aromatic rings. The molecule has 0 radical (unpaired) electrons. The van der Waals surface area contributed by atoms with Gasteiger partial charge < -0.3 is 15.8 Å². The number of rotatable bonds is 5. The molecule has 154 valence electrons. The number of nitrogens with one attached hydrogen (secondary N) is 2. The molecule has 9 nitrogen and oxygen atoms in total. The Bertz CT molecular complexity index is 1360. The molecule has 3 heterocycles. The Morgan fingerprint density at radius 3 is 2.81 bits per heavy atom. The topological polar surface area (TPSA) is 124 Å². The first-order valence-corrected chi connectivity index (χ1v) is 9.74. The van der Waals surface area contributed by atoms with E-state index in [1.54, 1.807) is 35.1 Å². The van der Waals surface area contributed by atoms with Gasteiger partial charge in [0, 0.05) is 35.3 Å². The molecule has 4 N–H and O–H groups in total. The smallest absolute Gasteiger partial charge is 0.410 e. The van der Waals surface area contributed by atoms with Gasteiger partial charge in [0.2, 0.25) is 0 Å². The number of ether oxygens (including phenoxy) is 1. The van der Waals surface area contributed by atoms with E-state index in [0.717, 1.165) is 27.5 Å². The van der Waals surface area contributed by atoms with Crippen molar-refractivity contribution in [2.45, 2.75) is 6.54 Å². The largest absolute Gasteiger partial charge is 0.412 e. The molecule has 31 heavy (non-hydrogen) atoms. The monoisotopic (exact) mass is 413 g/mol. The molecule has 0 spiro atoms. The van der Waals surface area contributed by atoms with Gasteiger partial charge in [-0.15, -0.1) is 0 Å². The highest BCUT2D eigenvalue weighted by atomic mass is 16.6. The molecule has 9 heteroatoms. The van der Waals surface area contributed by atoms with E-state index >= 15 is 0 Å². The van der Waals surface area contributed by atoms with Crippen molar-refractivity contribution in [3.8, 4) is 17.0 Å². The van der Waals surface area contributed by atoms with Gasteiger partial charge in [0.15, 0.2) is 5.82 Å². The molecule has 1 amide bonds. The maximum atomic E-state index is 11.9. The van der Waals surface area contributed by atoms with Crippen molar-refractivity contribution >= 4 is 33.7 Å². The predicted molar refractivity (Wildman–Crippen MR) is 117 cm³/mol. The molecule has 0 saturated heterocycles. The number of hydrogen-bond acceptors (Lipinski definition) is 6. The number of hydrogen-bond donors (Lipinski definition) is 3. The quantitative estimate of drug-likeness (QED) is 0.406. The lowest BCUT2D eigenvalue weighted by molar-refractivity contribution is 0.200. The Hall–Kier alpha value is -4.40. The number of nitrogen functional groups attached to an aromatic ring is 1. The van der Waals surface area contributed by atoms with Gasteiger partial charge in [-0.25, -0.2) is 9.78 Å². The van der Waals surface area contributed by atoms with Crippen LogP contribution in [0.3, 0.4) is 0 Å². The zero-order chi connectivity index (χ0) is 21.2. The summed E-state index contributed by atoms with van der Waals surface area (Å²) in [5, 5.41) is 16.1. The first-order chi connectivity index (χ1) is 15.2. The zero-order valence-corrected chi connectivity index (χ0v) is 16.4. The second kappa shape index (κ2) is 7.79. The van der Waals surface area contributed by atoms with E-state index in [-0.39, 0.29) is 0 Å². The van der Waals surface area contributed by atoms with Crippen molar-refractivity contribution < 1.29 is 9.53 Å². The summed E-state index contributed by atoms with van der Waals surface area (Å²) in [5.74, 6) is 0.851. The van der Waals surface area contributed by atoms with Gasteiger partial charge in [-0.1, -0.05) is 30.3 Å². The molecular formula is C22H19N7O2. The van der Waals surface area contributed by atoms with Gasteiger partial charge in [-0.2, -0.15) is 10.2 Å². The molecule has 0 atom stereocenters. The summed E-state index contributed by atoms with van der Waals surface area (Å²) in [6, 6.07) is 16.8. The number of carbonyl (C=O) groups excluding carboxylic acids is 1. The number of nitrogens with two attached hydrogens (primary N) is 1. The van der Waals surface area contributed by atoms with Crippen LogP contribution in [0.15, 0.2) is 67.0 Å². The summed E-state index contributed by atoms with van der Waals surface area (Å²) in [5.41, 5.74) is 9.47. The molecular weight excluding hydrogens is 394 g/mol. The van der Waals surface area contributed by atoms with E-state index in [4.69, 9.17) is 10.5 Å². The van der Waals surface area contributed by atoms with Crippen LogP contribution in [0, 0.1) is 0 Å². The SMILES string of the molecule is Nc1nc2cc(-c3ccn[nH]3)ccc2c2cn(CCNC(=O)Oc3ccccc3)nc12. The van der Waals surface area contributed by atoms with Crippen molar-refractivity contribution in [3.05, 3.63) is 67.0 Å². The number of anilines is 1. The third-order valence-corrected chi connectivity index (χ3v) is 4.91. The van der Waals surface area contributed by atoms with Crippen LogP contribution >= 0.6 is 0 Å². The number of benzene rings is 2. The molecule has 0 saturated carbocycles. The van der Waals surface area contributed by atoms with Crippen LogP contribution in [-0.2, 0) is 6.54 Å². The number of aromatic amines is 1. The van der Waals surface area contributed by atoms with Crippen molar-refractivity contribution in [2.24, 2.45) is 0 Å². The first kappa shape index (κ1) is 18.6. The summed E-state index contributed by atoms with van der Waals surface area (Å²) >= 11 is 0. The van der Waals surface area contributed by atoms with E-state index in [1.807, 2.05) is 36.5 Å². The standard InChI is InChI=1S/C22H19N7O2/c23-21-20-17(16-7-6-14(12-19(16)26-21)18-8-9-25-27-18)13-29(28-20)11-10-24-22(30)31-15-4-2-1-3-5-15/h1-9,12-13H,10-11H2,(H2,23,26)(H,24,30)(H,25,27). The number of pyridine rings is 1. The number of carbonyl (C=O) groups is 1. The highest BCUT2D eigenvalue weighted by Crippen LogP contribution is 2.29. The lowest BCUT2D eigenvalue weighted by Gasteiger charge is -2.06. The molecule has 0 aliphatic rings. The average molecular weight is 413 g/mol. The predicted octanol–water partition coefficient (Wildman–Crippen LogP) is 3.35. The molecule has 3 aromatic heterocycles.